The Morgan fingerprint density at radius 1 is 1.11 bits per heavy atom. The summed E-state index contributed by atoms with van der Waals surface area (Å²) in [6, 6.07) is 9.54. The van der Waals surface area contributed by atoms with Crippen molar-refractivity contribution in [2.45, 2.75) is 26.2 Å². The molecule has 1 aliphatic rings. The standard InChI is InChI=1S/C25H23F3N6O3/c1-4-22(36)30-15-6-5-7-16(10-15)31-23-19(25(26,27)28)11-29-24(33-23)32-20-8-9-21(37-3)18-13-34(14(2)35)12-17(18)20/h4-11H,1,12-13H2,2-3H3,(H,30,36)(H2,29,31,32,33). The molecular formula is C25H23F3N6O3. The maximum absolute atomic E-state index is 13.7. The normalized spacial score (nSPS) is 12.5. The maximum atomic E-state index is 13.7. The molecule has 0 fully saturated rings. The van der Waals surface area contributed by atoms with Gasteiger partial charge < -0.3 is 25.6 Å². The third kappa shape index (κ3) is 5.63. The van der Waals surface area contributed by atoms with E-state index in [2.05, 4.69) is 32.5 Å². The lowest BCUT2D eigenvalue weighted by atomic mass is 10.1. The van der Waals surface area contributed by atoms with Gasteiger partial charge in [0, 0.05) is 47.9 Å². The number of alkyl halides is 3. The zero-order chi connectivity index (χ0) is 26.7. The number of carbonyl (C=O) groups is 2. The number of hydrogen-bond donors (Lipinski definition) is 3. The Labute approximate surface area is 210 Å². The van der Waals surface area contributed by atoms with Crippen LogP contribution in [0.25, 0.3) is 0 Å². The van der Waals surface area contributed by atoms with Crippen LogP contribution in [-0.4, -0.2) is 33.8 Å². The van der Waals surface area contributed by atoms with Gasteiger partial charge in [0.15, 0.2) is 0 Å². The van der Waals surface area contributed by atoms with E-state index in [0.29, 0.717) is 36.4 Å². The van der Waals surface area contributed by atoms with Crippen LogP contribution >= 0.6 is 0 Å². The van der Waals surface area contributed by atoms with Crippen molar-refractivity contribution in [3.8, 4) is 5.75 Å². The van der Waals surface area contributed by atoms with Crippen LogP contribution in [0.15, 0.2) is 55.3 Å². The van der Waals surface area contributed by atoms with Gasteiger partial charge in [0.2, 0.25) is 17.8 Å². The third-order valence-electron chi connectivity index (χ3n) is 5.67. The van der Waals surface area contributed by atoms with E-state index >= 15 is 0 Å². The SMILES string of the molecule is C=CC(=O)Nc1cccc(Nc2nc(Nc3ccc(OC)c4c3CN(C(C)=O)C4)ncc2C(F)(F)F)c1. The highest BCUT2D eigenvalue weighted by atomic mass is 19.4. The second kappa shape index (κ2) is 10.2. The van der Waals surface area contributed by atoms with Crippen molar-refractivity contribution in [2.24, 2.45) is 0 Å². The first-order valence-corrected chi connectivity index (χ1v) is 11.0. The number of nitrogens with one attached hydrogen (secondary N) is 3. The minimum Gasteiger partial charge on any atom is -0.496 e. The summed E-state index contributed by atoms with van der Waals surface area (Å²) in [5.74, 6) is -0.540. The molecule has 1 aromatic heterocycles. The molecule has 0 saturated heterocycles. The second-order valence-corrected chi connectivity index (χ2v) is 8.13. The molecule has 0 atom stereocenters. The van der Waals surface area contributed by atoms with Gasteiger partial charge in [0.25, 0.3) is 0 Å². The fourth-order valence-electron chi connectivity index (χ4n) is 3.86. The highest BCUT2D eigenvalue weighted by Gasteiger charge is 2.35. The average Bonchev–Trinajstić information content (AvgIpc) is 3.30. The monoisotopic (exact) mass is 512 g/mol. The molecule has 37 heavy (non-hydrogen) atoms. The van der Waals surface area contributed by atoms with E-state index in [9.17, 15) is 22.8 Å². The molecule has 3 aromatic rings. The molecule has 0 bridgehead atoms. The number of amides is 2. The molecule has 0 unspecified atom stereocenters. The summed E-state index contributed by atoms with van der Waals surface area (Å²) >= 11 is 0. The first-order valence-electron chi connectivity index (χ1n) is 11.0. The topological polar surface area (TPSA) is 108 Å². The smallest absolute Gasteiger partial charge is 0.421 e. The van der Waals surface area contributed by atoms with E-state index in [4.69, 9.17) is 4.74 Å². The van der Waals surface area contributed by atoms with Crippen LogP contribution in [-0.2, 0) is 28.9 Å². The molecule has 0 spiro atoms. The van der Waals surface area contributed by atoms with Crippen LogP contribution in [0, 0.1) is 0 Å². The summed E-state index contributed by atoms with van der Waals surface area (Å²) in [6.07, 6.45) is -2.96. The number of halogens is 3. The van der Waals surface area contributed by atoms with Crippen molar-refractivity contribution in [1.29, 1.82) is 0 Å². The maximum Gasteiger partial charge on any atom is 0.421 e. The Balaban J connectivity index is 1.67. The summed E-state index contributed by atoms with van der Waals surface area (Å²) in [4.78, 5) is 33.1. The lowest BCUT2D eigenvalue weighted by Gasteiger charge is -2.17. The van der Waals surface area contributed by atoms with Gasteiger partial charge in [-0.2, -0.15) is 18.2 Å². The van der Waals surface area contributed by atoms with Gasteiger partial charge in [-0.3, -0.25) is 9.59 Å². The fourth-order valence-corrected chi connectivity index (χ4v) is 3.86. The summed E-state index contributed by atoms with van der Waals surface area (Å²) in [5.41, 5.74) is 1.66. The lowest BCUT2D eigenvalue weighted by molar-refractivity contribution is -0.137. The zero-order valence-electron chi connectivity index (χ0n) is 19.9. The third-order valence-corrected chi connectivity index (χ3v) is 5.67. The van der Waals surface area contributed by atoms with Crippen LogP contribution in [0.1, 0.15) is 23.6 Å². The molecule has 3 N–H and O–H groups in total. The van der Waals surface area contributed by atoms with Crippen molar-refractivity contribution in [1.82, 2.24) is 14.9 Å². The Morgan fingerprint density at radius 3 is 2.51 bits per heavy atom. The van der Waals surface area contributed by atoms with Gasteiger partial charge in [0.05, 0.1) is 13.7 Å². The van der Waals surface area contributed by atoms with Gasteiger partial charge in [-0.05, 0) is 36.4 Å². The van der Waals surface area contributed by atoms with Crippen molar-refractivity contribution in [2.75, 3.05) is 23.1 Å². The van der Waals surface area contributed by atoms with Crippen molar-refractivity contribution in [3.63, 3.8) is 0 Å². The molecule has 2 heterocycles. The van der Waals surface area contributed by atoms with Crippen LogP contribution in [0.4, 0.5) is 42.0 Å². The molecule has 2 aromatic carbocycles. The second-order valence-electron chi connectivity index (χ2n) is 8.13. The number of carbonyl (C=O) groups excluding carboxylic acids is 2. The number of ether oxygens (including phenoxy) is 1. The molecule has 2 amide bonds. The van der Waals surface area contributed by atoms with Gasteiger partial charge in [-0.1, -0.05) is 12.6 Å². The van der Waals surface area contributed by atoms with E-state index in [1.54, 1.807) is 29.2 Å². The number of benzene rings is 2. The van der Waals surface area contributed by atoms with Gasteiger partial charge in [-0.15, -0.1) is 0 Å². The van der Waals surface area contributed by atoms with Crippen LogP contribution in [0.2, 0.25) is 0 Å². The van der Waals surface area contributed by atoms with Crippen molar-refractivity contribution < 1.29 is 27.5 Å². The summed E-state index contributed by atoms with van der Waals surface area (Å²) in [6.45, 7) is 5.48. The first kappa shape index (κ1) is 25.5. The minimum atomic E-state index is -4.72. The fraction of sp³-hybridized carbons (Fsp3) is 0.200. The first-order chi connectivity index (χ1) is 17.6. The summed E-state index contributed by atoms with van der Waals surface area (Å²) in [7, 11) is 1.52. The van der Waals surface area contributed by atoms with Crippen molar-refractivity contribution >= 4 is 40.6 Å². The van der Waals surface area contributed by atoms with E-state index in [-0.39, 0.29) is 17.5 Å². The zero-order valence-corrected chi connectivity index (χ0v) is 19.9. The highest BCUT2D eigenvalue weighted by Crippen LogP contribution is 2.38. The lowest BCUT2D eigenvalue weighted by Crippen LogP contribution is -2.21. The van der Waals surface area contributed by atoms with Crippen LogP contribution in [0.3, 0.4) is 0 Å². The van der Waals surface area contributed by atoms with Gasteiger partial charge >= 0.3 is 6.18 Å². The van der Waals surface area contributed by atoms with Crippen molar-refractivity contribution in [3.05, 3.63) is 71.9 Å². The number of rotatable bonds is 7. The van der Waals surface area contributed by atoms with E-state index in [1.807, 2.05) is 0 Å². The molecule has 12 heteroatoms. The Hall–Kier alpha value is -4.61. The van der Waals surface area contributed by atoms with E-state index in [1.165, 1.54) is 26.2 Å². The molecule has 0 saturated carbocycles. The molecular weight excluding hydrogens is 489 g/mol. The van der Waals surface area contributed by atoms with Gasteiger partial charge in [-0.25, -0.2) is 4.98 Å². The molecule has 192 valence electrons. The Bertz CT molecular complexity index is 1380. The average molecular weight is 512 g/mol. The Morgan fingerprint density at radius 2 is 1.84 bits per heavy atom. The molecule has 9 nitrogen and oxygen atoms in total. The minimum absolute atomic E-state index is 0.0831. The Kier molecular flexibility index (Phi) is 7.00. The predicted octanol–water partition coefficient (Wildman–Crippen LogP) is 4.98. The molecule has 0 radical (unpaired) electrons. The molecule has 4 rings (SSSR count). The number of fused-ring (bicyclic) bond motifs is 1. The van der Waals surface area contributed by atoms with Crippen LogP contribution < -0.4 is 20.7 Å². The summed E-state index contributed by atoms with van der Waals surface area (Å²) in [5, 5.41) is 8.19. The van der Waals surface area contributed by atoms with E-state index in [0.717, 1.165) is 17.2 Å². The number of nitrogens with zero attached hydrogens (tertiary/aromatic N) is 3. The summed E-state index contributed by atoms with van der Waals surface area (Å²) < 4.78 is 46.6. The molecule has 1 aliphatic heterocycles. The van der Waals surface area contributed by atoms with Crippen LogP contribution in [0.5, 0.6) is 5.75 Å². The predicted molar refractivity (Wildman–Crippen MR) is 132 cm³/mol. The van der Waals surface area contributed by atoms with Gasteiger partial charge in [0.1, 0.15) is 17.1 Å². The van der Waals surface area contributed by atoms with E-state index < -0.39 is 23.5 Å². The number of methoxy groups -OCH3 is 1. The largest absolute Gasteiger partial charge is 0.496 e. The number of anilines is 5. The highest BCUT2D eigenvalue weighted by molar-refractivity contribution is 5.99. The quantitative estimate of drug-likeness (QED) is 0.383. The number of hydrogen-bond acceptors (Lipinski definition) is 7. The molecule has 0 aliphatic carbocycles. The number of aromatic nitrogens is 2.